The quantitative estimate of drug-likeness (QED) is 0.810. The lowest BCUT2D eigenvalue weighted by Crippen LogP contribution is -2.08. The van der Waals surface area contributed by atoms with E-state index >= 15 is 0 Å². The van der Waals surface area contributed by atoms with Crippen LogP contribution in [0.2, 0.25) is 0 Å². The van der Waals surface area contributed by atoms with E-state index in [1.165, 1.54) is 43.4 Å². The van der Waals surface area contributed by atoms with E-state index in [4.69, 9.17) is 4.74 Å². The maximum atomic E-state index is 11.7. The van der Waals surface area contributed by atoms with E-state index in [-0.39, 0.29) is 5.97 Å². The highest BCUT2D eigenvalue weighted by molar-refractivity contribution is 7.15. The minimum atomic E-state index is -0.319. The van der Waals surface area contributed by atoms with Gasteiger partial charge < -0.3 is 10.1 Å². The van der Waals surface area contributed by atoms with Crippen LogP contribution in [0.3, 0.4) is 0 Å². The largest absolute Gasteiger partial charge is 0.461 e. The van der Waals surface area contributed by atoms with Crippen LogP contribution >= 0.6 is 11.3 Å². The molecule has 0 spiro atoms. The van der Waals surface area contributed by atoms with Gasteiger partial charge in [-0.05, 0) is 26.2 Å². The summed E-state index contributed by atoms with van der Waals surface area (Å²) < 4.78 is 4.99. The fraction of sp³-hybridized carbons (Fsp3) is 0.714. The third kappa shape index (κ3) is 3.93. The number of carbonyl (C=O) groups excluding carboxylic acids is 1. The monoisotopic (exact) mass is 282 g/mol. The molecule has 0 saturated heterocycles. The molecule has 0 unspecified atom stereocenters. The summed E-state index contributed by atoms with van der Waals surface area (Å²) in [6, 6.07) is 0. The fourth-order valence-electron chi connectivity index (χ4n) is 2.54. The third-order valence-electron chi connectivity index (χ3n) is 3.57. The first kappa shape index (κ1) is 14.3. The van der Waals surface area contributed by atoms with Crippen molar-refractivity contribution in [1.29, 1.82) is 0 Å². The summed E-state index contributed by atoms with van der Waals surface area (Å²) in [5.74, 6) is 0.554. The zero-order valence-electron chi connectivity index (χ0n) is 11.7. The molecule has 19 heavy (non-hydrogen) atoms. The molecule has 0 atom stereocenters. The summed E-state index contributed by atoms with van der Waals surface area (Å²) in [5, 5.41) is 4.16. The number of nitrogens with zero attached hydrogens (tertiary/aromatic N) is 1. The van der Waals surface area contributed by atoms with E-state index in [0.29, 0.717) is 12.3 Å². The fourth-order valence-corrected chi connectivity index (χ4v) is 3.37. The standard InChI is InChI=1S/C14H22N2O2S/c1-3-18-13(17)12-10(2)19-14(16-12)15-9-8-11-6-4-5-7-11/h11H,3-9H2,1-2H3,(H,15,16). The Labute approximate surface area is 118 Å². The average Bonchev–Trinajstić information content (AvgIpc) is 2.99. The van der Waals surface area contributed by atoms with E-state index in [0.717, 1.165) is 22.5 Å². The van der Waals surface area contributed by atoms with Crippen molar-refractivity contribution in [3.05, 3.63) is 10.6 Å². The summed E-state index contributed by atoms with van der Waals surface area (Å²) in [6.45, 7) is 5.05. The van der Waals surface area contributed by atoms with Crippen LogP contribution in [0, 0.1) is 12.8 Å². The summed E-state index contributed by atoms with van der Waals surface area (Å²) in [5.41, 5.74) is 0.454. The maximum absolute atomic E-state index is 11.7. The van der Waals surface area contributed by atoms with Gasteiger partial charge in [-0.2, -0.15) is 0 Å². The van der Waals surface area contributed by atoms with Crippen molar-refractivity contribution in [3.63, 3.8) is 0 Å². The molecular formula is C14H22N2O2S. The number of aryl methyl sites for hydroxylation is 1. The van der Waals surface area contributed by atoms with Gasteiger partial charge in [-0.25, -0.2) is 9.78 Å². The Morgan fingerprint density at radius 3 is 2.89 bits per heavy atom. The molecule has 2 rings (SSSR count). The van der Waals surface area contributed by atoms with Crippen LogP contribution in [-0.2, 0) is 4.74 Å². The first-order valence-electron chi connectivity index (χ1n) is 7.09. The lowest BCUT2D eigenvalue weighted by Gasteiger charge is -2.08. The third-order valence-corrected chi connectivity index (χ3v) is 4.50. The first-order chi connectivity index (χ1) is 9.20. The van der Waals surface area contributed by atoms with Gasteiger partial charge in [0.15, 0.2) is 10.8 Å². The molecule has 5 heteroatoms. The van der Waals surface area contributed by atoms with E-state index in [1.807, 2.05) is 6.92 Å². The molecule has 106 valence electrons. The second-order valence-corrected chi connectivity index (χ2v) is 6.21. The molecule has 0 aliphatic heterocycles. The lowest BCUT2D eigenvalue weighted by atomic mass is 10.0. The zero-order chi connectivity index (χ0) is 13.7. The number of aromatic nitrogens is 1. The second-order valence-electron chi connectivity index (χ2n) is 5.01. The Morgan fingerprint density at radius 1 is 1.47 bits per heavy atom. The predicted octanol–water partition coefficient (Wildman–Crippen LogP) is 3.62. The lowest BCUT2D eigenvalue weighted by molar-refractivity contribution is 0.0519. The first-order valence-corrected chi connectivity index (χ1v) is 7.90. The van der Waals surface area contributed by atoms with Gasteiger partial charge in [-0.1, -0.05) is 25.7 Å². The van der Waals surface area contributed by atoms with Crippen molar-refractivity contribution >= 4 is 22.4 Å². The summed E-state index contributed by atoms with van der Waals surface area (Å²) >= 11 is 1.53. The Balaban J connectivity index is 1.83. The van der Waals surface area contributed by atoms with Crippen molar-refractivity contribution in [2.45, 2.75) is 46.0 Å². The molecule has 1 aromatic rings. The predicted molar refractivity (Wildman–Crippen MR) is 77.9 cm³/mol. The van der Waals surface area contributed by atoms with Crippen molar-refractivity contribution < 1.29 is 9.53 Å². The Kier molecular flexibility index (Phi) is 5.19. The SMILES string of the molecule is CCOC(=O)c1nc(NCCC2CCCC2)sc1C. The Bertz CT molecular complexity index is 425. The average molecular weight is 282 g/mol. The summed E-state index contributed by atoms with van der Waals surface area (Å²) in [4.78, 5) is 16.9. The highest BCUT2D eigenvalue weighted by atomic mass is 32.1. The van der Waals surface area contributed by atoms with Crippen molar-refractivity contribution in [3.8, 4) is 0 Å². The zero-order valence-corrected chi connectivity index (χ0v) is 12.5. The van der Waals surface area contributed by atoms with Gasteiger partial charge in [0, 0.05) is 11.4 Å². The van der Waals surface area contributed by atoms with Crippen LogP contribution in [0.15, 0.2) is 0 Å². The van der Waals surface area contributed by atoms with Crippen LogP contribution in [0.25, 0.3) is 0 Å². The number of carbonyl (C=O) groups is 1. The summed E-state index contributed by atoms with van der Waals surface area (Å²) in [7, 11) is 0. The minimum Gasteiger partial charge on any atom is -0.461 e. The Morgan fingerprint density at radius 2 is 2.21 bits per heavy atom. The molecule has 1 N–H and O–H groups in total. The van der Waals surface area contributed by atoms with Gasteiger partial charge in [0.25, 0.3) is 0 Å². The molecule has 1 fully saturated rings. The van der Waals surface area contributed by atoms with Crippen LogP contribution in [0.5, 0.6) is 0 Å². The molecule has 1 aliphatic carbocycles. The van der Waals surface area contributed by atoms with Crippen molar-refractivity contribution in [2.75, 3.05) is 18.5 Å². The van der Waals surface area contributed by atoms with Gasteiger partial charge in [-0.15, -0.1) is 11.3 Å². The van der Waals surface area contributed by atoms with Crippen molar-refractivity contribution in [1.82, 2.24) is 4.98 Å². The topological polar surface area (TPSA) is 51.2 Å². The molecule has 1 heterocycles. The van der Waals surface area contributed by atoms with Gasteiger partial charge >= 0.3 is 5.97 Å². The van der Waals surface area contributed by atoms with Gasteiger partial charge in [0.1, 0.15) is 0 Å². The summed E-state index contributed by atoms with van der Waals surface area (Å²) in [6.07, 6.45) is 6.70. The second kappa shape index (κ2) is 6.89. The highest BCUT2D eigenvalue weighted by Gasteiger charge is 2.17. The smallest absolute Gasteiger partial charge is 0.358 e. The highest BCUT2D eigenvalue weighted by Crippen LogP contribution is 2.28. The normalized spacial score (nSPS) is 15.7. The van der Waals surface area contributed by atoms with Crippen LogP contribution in [-0.4, -0.2) is 24.1 Å². The van der Waals surface area contributed by atoms with E-state index in [9.17, 15) is 4.79 Å². The number of hydrogen-bond donors (Lipinski definition) is 1. The van der Waals surface area contributed by atoms with Gasteiger partial charge in [0.05, 0.1) is 6.61 Å². The molecule has 0 amide bonds. The van der Waals surface area contributed by atoms with E-state index < -0.39 is 0 Å². The number of hydrogen-bond acceptors (Lipinski definition) is 5. The van der Waals surface area contributed by atoms with E-state index in [2.05, 4.69) is 10.3 Å². The molecule has 0 bridgehead atoms. The van der Waals surface area contributed by atoms with Gasteiger partial charge in [-0.3, -0.25) is 0 Å². The number of esters is 1. The minimum absolute atomic E-state index is 0.319. The molecular weight excluding hydrogens is 260 g/mol. The van der Waals surface area contributed by atoms with Crippen LogP contribution in [0.1, 0.15) is 54.4 Å². The molecule has 0 radical (unpaired) electrons. The van der Waals surface area contributed by atoms with E-state index in [1.54, 1.807) is 6.92 Å². The number of rotatable bonds is 6. The van der Waals surface area contributed by atoms with Gasteiger partial charge in [0.2, 0.25) is 0 Å². The molecule has 1 saturated carbocycles. The number of anilines is 1. The number of thiazole rings is 1. The number of nitrogens with one attached hydrogen (secondary N) is 1. The molecule has 4 nitrogen and oxygen atoms in total. The molecule has 1 aromatic heterocycles. The van der Waals surface area contributed by atoms with Crippen molar-refractivity contribution in [2.24, 2.45) is 5.92 Å². The van der Waals surface area contributed by atoms with Crippen LogP contribution < -0.4 is 5.32 Å². The van der Waals surface area contributed by atoms with Crippen LogP contribution in [0.4, 0.5) is 5.13 Å². The number of ether oxygens (including phenoxy) is 1. The molecule has 0 aromatic carbocycles. The maximum Gasteiger partial charge on any atom is 0.358 e. The molecule has 1 aliphatic rings. The Hall–Kier alpha value is -1.10.